The number of nitrogens with two attached hydrogens (primary N) is 2. The summed E-state index contributed by atoms with van der Waals surface area (Å²) in [5, 5.41) is 7.89. The van der Waals surface area contributed by atoms with Crippen LogP contribution in [0.2, 0.25) is 0 Å². The van der Waals surface area contributed by atoms with Crippen LogP contribution >= 0.6 is 0 Å². The number of hydrogen-bond donors (Lipinski definition) is 3. The summed E-state index contributed by atoms with van der Waals surface area (Å²) in [6.45, 7) is 0. The normalized spacial score (nSPS) is 21.3. The van der Waals surface area contributed by atoms with Gasteiger partial charge in [-0.15, -0.1) is 4.91 Å². The molecule has 0 bridgehead atoms. The lowest BCUT2D eigenvalue weighted by Crippen LogP contribution is -2.50. The third-order valence-corrected chi connectivity index (χ3v) is 1.78. The molecule has 5 nitrogen and oxygen atoms in total. The smallest absolute Gasteiger partial charge is 0.152 e. The van der Waals surface area contributed by atoms with Gasteiger partial charge in [-0.25, -0.2) is 0 Å². The second kappa shape index (κ2) is 5.03. The van der Waals surface area contributed by atoms with Crippen LogP contribution in [0.5, 0.6) is 0 Å². The summed E-state index contributed by atoms with van der Waals surface area (Å²) in [4.78, 5) is 8.11. The van der Waals surface area contributed by atoms with E-state index in [0.29, 0.717) is 0 Å². The van der Waals surface area contributed by atoms with Crippen LogP contribution in [0, 0.1) is 4.91 Å². The van der Waals surface area contributed by atoms with Crippen molar-refractivity contribution in [1.29, 1.82) is 0 Å². The minimum absolute atomic E-state index is 0.321. The van der Waals surface area contributed by atoms with Gasteiger partial charge in [0.15, 0.2) is 5.34 Å². The maximum absolute atomic E-state index is 8.11. The molecular weight excluding hydrogens is 146 g/mol. The van der Waals surface area contributed by atoms with Crippen LogP contribution in [0.1, 0.15) is 32.1 Å². The van der Waals surface area contributed by atoms with E-state index < -0.39 is 0 Å². The van der Waals surface area contributed by atoms with Crippen LogP contribution in [0.25, 0.3) is 0 Å². The topological polar surface area (TPSA) is 102 Å². The molecule has 5 heteroatoms. The molecule has 0 aromatic heterocycles. The third-order valence-electron chi connectivity index (χ3n) is 1.78. The van der Waals surface area contributed by atoms with Gasteiger partial charge >= 0.3 is 0 Å². The van der Waals surface area contributed by atoms with Gasteiger partial charge in [0.1, 0.15) is 0 Å². The first-order valence-electron chi connectivity index (χ1n) is 3.67. The Kier molecular flexibility index (Phi) is 4.72. The van der Waals surface area contributed by atoms with Crippen molar-refractivity contribution in [3.05, 3.63) is 4.91 Å². The average molecular weight is 161 g/mol. The lowest BCUT2D eigenvalue weighted by molar-refractivity contribution is 0.306. The molecule has 0 aliphatic heterocycles. The lowest BCUT2D eigenvalue weighted by Gasteiger charge is -2.28. The molecule has 1 saturated carbocycles. The highest BCUT2D eigenvalue weighted by molar-refractivity contribution is 4.79. The Balaban J connectivity index is 0.000000292. The monoisotopic (exact) mass is 161 g/mol. The molecule has 0 radical (unpaired) electrons. The van der Waals surface area contributed by atoms with Crippen LogP contribution in [-0.4, -0.2) is 10.9 Å². The third kappa shape index (κ3) is 5.75. The second-order valence-electron chi connectivity index (χ2n) is 2.88. The van der Waals surface area contributed by atoms with E-state index in [0.717, 1.165) is 12.8 Å². The Labute approximate surface area is 65.7 Å². The molecule has 0 spiro atoms. The number of hydrogen-bond acceptors (Lipinski definition) is 4. The van der Waals surface area contributed by atoms with Crippen LogP contribution in [0.3, 0.4) is 0 Å². The van der Waals surface area contributed by atoms with Crippen LogP contribution in [-0.2, 0) is 0 Å². The van der Waals surface area contributed by atoms with Gasteiger partial charge < -0.3 is 16.7 Å². The number of nitrogens with zero attached hydrogens (tertiary/aromatic N) is 1. The molecular formula is C6H15N3O2. The Morgan fingerprint density at radius 1 is 1.18 bits per heavy atom. The molecule has 0 unspecified atom stereocenters. The molecule has 66 valence electrons. The standard InChI is InChI=1S/C6H14N2.HNO2/c7-6(8)4-2-1-3-5-6;2-1-3/h1-5,7-8H2;(H,2,3). The second-order valence-corrected chi connectivity index (χ2v) is 2.88. The molecule has 1 rings (SSSR count). The minimum atomic E-state index is -0.321. The highest BCUT2D eigenvalue weighted by Gasteiger charge is 2.21. The fourth-order valence-corrected chi connectivity index (χ4v) is 1.21. The summed E-state index contributed by atoms with van der Waals surface area (Å²) in [5.41, 5.74) is 11.0. The largest absolute Gasteiger partial charge is 0.379 e. The molecule has 1 aliphatic carbocycles. The zero-order chi connectivity index (χ0) is 8.74. The van der Waals surface area contributed by atoms with Crippen molar-refractivity contribution in [1.82, 2.24) is 0 Å². The van der Waals surface area contributed by atoms with Gasteiger partial charge in [-0.05, 0) is 12.8 Å². The van der Waals surface area contributed by atoms with E-state index in [9.17, 15) is 0 Å². The SMILES string of the molecule is NC1(N)CCCCC1.O=NO. The predicted molar refractivity (Wildman–Crippen MR) is 41.8 cm³/mol. The molecule has 1 fully saturated rings. The molecule has 5 N–H and O–H groups in total. The Morgan fingerprint density at radius 3 is 1.73 bits per heavy atom. The zero-order valence-electron chi connectivity index (χ0n) is 6.49. The van der Waals surface area contributed by atoms with Gasteiger partial charge in [-0.3, -0.25) is 0 Å². The van der Waals surface area contributed by atoms with Gasteiger partial charge in [0, 0.05) is 0 Å². The highest BCUT2D eigenvalue weighted by atomic mass is 16.6. The van der Waals surface area contributed by atoms with E-state index in [1.807, 2.05) is 0 Å². The minimum Gasteiger partial charge on any atom is -0.379 e. The van der Waals surface area contributed by atoms with Crippen molar-refractivity contribution in [3.8, 4) is 0 Å². The van der Waals surface area contributed by atoms with Crippen LogP contribution < -0.4 is 11.5 Å². The maximum Gasteiger partial charge on any atom is 0.152 e. The van der Waals surface area contributed by atoms with Crippen molar-refractivity contribution in [3.63, 3.8) is 0 Å². The van der Waals surface area contributed by atoms with E-state index in [1.165, 1.54) is 24.6 Å². The molecule has 0 amide bonds. The van der Waals surface area contributed by atoms with Crippen LogP contribution in [0.4, 0.5) is 0 Å². The molecule has 11 heavy (non-hydrogen) atoms. The zero-order valence-corrected chi connectivity index (χ0v) is 6.49. The first-order valence-corrected chi connectivity index (χ1v) is 3.67. The van der Waals surface area contributed by atoms with Gasteiger partial charge in [0.2, 0.25) is 0 Å². The molecule has 0 aromatic carbocycles. The molecule has 1 aliphatic rings. The fourth-order valence-electron chi connectivity index (χ4n) is 1.21. The Bertz CT molecular complexity index is 108. The first kappa shape index (κ1) is 10.3. The molecule has 0 aromatic rings. The summed E-state index contributed by atoms with van der Waals surface area (Å²) < 4.78 is 0. The summed E-state index contributed by atoms with van der Waals surface area (Å²) in [5.74, 6) is 0. The van der Waals surface area contributed by atoms with Crippen molar-refractivity contribution in [2.24, 2.45) is 16.8 Å². The number of rotatable bonds is 0. The van der Waals surface area contributed by atoms with Gasteiger partial charge in [0.05, 0.1) is 5.66 Å². The molecule has 0 atom stereocenters. The van der Waals surface area contributed by atoms with Gasteiger partial charge in [-0.2, -0.15) is 0 Å². The Morgan fingerprint density at radius 2 is 1.55 bits per heavy atom. The van der Waals surface area contributed by atoms with Gasteiger partial charge in [0.25, 0.3) is 0 Å². The van der Waals surface area contributed by atoms with Crippen molar-refractivity contribution in [2.75, 3.05) is 0 Å². The summed E-state index contributed by atoms with van der Waals surface area (Å²) in [7, 11) is 0. The van der Waals surface area contributed by atoms with E-state index in [2.05, 4.69) is 0 Å². The van der Waals surface area contributed by atoms with Crippen molar-refractivity contribution in [2.45, 2.75) is 37.8 Å². The van der Waals surface area contributed by atoms with E-state index >= 15 is 0 Å². The summed E-state index contributed by atoms with van der Waals surface area (Å²) in [6, 6.07) is 0. The molecule has 0 saturated heterocycles. The first-order chi connectivity index (χ1) is 5.12. The fraction of sp³-hybridized carbons (Fsp3) is 1.00. The summed E-state index contributed by atoms with van der Waals surface area (Å²) >= 11 is 0. The van der Waals surface area contributed by atoms with Crippen molar-refractivity contribution < 1.29 is 5.21 Å². The maximum atomic E-state index is 8.11. The van der Waals surface area contributed by atoms with E-state index in [4.69, 9.17) is 21.6 Å². The van der Waals surface area contributed by atoms with E-state index in [1.54, 1.807) is 0 Å². The Hall–Kier alpha value is -0.680. The molecule has 0 heterocycles. The van der Waals surface area contributed by atoms with Crippen molar-refractivity contribution >= 4 is 0 Å². The van der Waals surface area contributed by atoms with Crippen LogP contribution in [0.15, 0.2) is 5.34 Å². The predicted octanol–water partition coefficient (Wildman–Crippen LogP) is 0.706. The van der Waals surface area contributed by atoms with Gasteiger partial charge in [-0.1, -0.05) is 19.3 Å². The lowest BCUT2D eigenvalue weighted by atomic mass is 9.91. The van der Waals surface area contributed by atoms with E-state index in [-0.39, 0.29) is 5.66 Å². The summed E-state index contributed by atoms with van der Waals surface area (Å²) in [6.07, 6.45) is 5.76. The quantitative estimate of drug-likeness (QED) is 0.276. The highest BCUT2D eigenvalue weighted by Crippen LogP contribution is 2.20. The average Bonchev–Trinajstić information content (AvgIpc) is 1.88.